The standard InChI is InChI=1S/C13H16ClN3/c1-10-3-4-13(12(14)9-10)16-6-8-17-7-5-15-11(17)2/h3-5,7,9,16H,6,8H2,1-2H3. The zero-order valence-corrected chi connectivity index (χ0v) is 10.8. The molecular formula is C13H16ClN3. The van der Waals surface area contributed by atoms with E-state index >= 15 is 0 Å². The van der Waals surface area contributed by atoms with Crippen molar-refractivity contribution >= 4 is 17.3 Å². The second-order valence-electron chi connectivity index (χ2n) is 4.08. The van der Waals surface area contributed by atoms with E-state index in [4.69, 9.17) is 11.6 Å². The highest BCUT2D eigenvalue weighted by atomic mass is 35.5. The Kier molecular flexibility index (Phi) is 3.69. The predicted molar refractivity (Wildman–Crippen MR) is 71.6 cm³/mol. The Balaban J connectivity index is 1.92. The number of halogens is 1. The van der Waals surface area contributed by atoms with Crippen molar-refractivity contribution in [2.75, 3.05) is 11.9 Å². The second-order valence-corrected chi connectivity index (χ2v) is 4.49. The van der Waals surface area contributed by atoms with E-state index in [0.717, 1.165) is 29.6 Å². The normalized spacial score (nSPS) is 10.5. The lowest BCUT2D eigenvalue weighted by atomic mass is 10.2. The molecule has 1 aromatic carbocycles. The third-order valence-electron chi connectivity index (χ3n) is 2.72. The van der Waals surface area contributed by atoms with Gasteiger partial charge < -0.3 is 9.88 Å². The van der Waals surface area contributed by atoms with E-state index in [1.165, 1.54) is 5.56 Å². The maximum Gasteiger partial charge on any atom is 0.105 e. The molecule has 4 heteroatoms. The summed E-state index contributed by atoms with van der Waals surface area (Å²) in [5.41, 5.74) is 2.15. The van der Waals surface area contributed by atoms with Crippen LogP contribution in [-0.2, 0) is 6.54 Å². The van der Waals surface area contributed by atoms with Crippen LogP contribution in [0.25, 0.3) is 0 Å². The summed E-state index contributed by atoms with van der Waals surface area (Å²) in [6.07, 6.45) is 3.79. The summed E-state index contributed by atoms with van der Waals surface area (Å²) in [5, 5.41) is 4.10. The number of nitrogens with one attached hydrogen (secondary N) is 1. The fourth-order valence-electron chi connectivity index (χ4n) is 1.71. The molecule has 1 aromatic heterocycles. The van der Waals surface area contributed by atoms with Crippen LogP contribution in [-0.4, -0.2) is 16.1 Å². The smallest absolute Gasteiger partial charge is 0.105 e. The molecule has 3 nitrogen and oxygen atoms in total. The summed E-state index contributed by atoms with van der Waals surface area (Å²) in [5.74, 6) is 1.03. The highest BCUT2D eigenvalue weighted by Crippen LogP contribution is 2.22. The molecular weight excluding hydrogens is 234 g/mol. The van der Waals surface area contributed by atoms with Gasteiger partial charge in [-0.15, -0.1) is 0 Å². The molecule has 0 fully saturated rings. The van der Waals surface area contributed by atoms with Crippen LogP contribution in [0.2, 0.25) is 5.02 Å². The van der Waals surface area contributed by atoms with Crippen molar-refractivity contribution < 1.29 is 0 Å². The number of hydrogen-bond donors (Lipinski definition) is 1. The monoisotopic (exact) mass is 249 g/mol. The van der Waals surface area contributed by atoms with Gasteiger partial charge in [-0.25, -0.2) is 4.98 Å². The van der Waals surface area contributed by atoms with Crippen LogP contribution in [0.1, 0.15) is 11.4 Å². The molecule has 0 bridgehead atoms. The summed E-state index contributed by atoms with van der Waals surface area (Å²) >= 11 is 6.14. The van der Waals surface area contributed by atoms with Gasteiger partial charge in [0.05, 0.1) is 10.7 Å². The van der Waals surface area contributed by atoms with Gasteiger partial charge in [-0.05, 0) is 31.5 Å². The van der Waals surface area contributed by atoms with Crippen LogP contribution in [0, 0.1) is 13.8 Å². The lowest BCUT2D eigenvalue weighted by molar-refractivity contribution is 0.701. The highest BCUT2D eigenvalue weighted by molar-refractivity contribution is 6.33. The van der Waals surface area contributed by atoms with E-state index in [9.17, 15) is 0 Å². The van der Waals surface area contributed by atoms with Crippen LogP contribution < -0.4 is 5.32 Å². The number of anilines is 1. The minimum atomic E-state index is 0.771. The van der Waals surface area contributed by atoms with Gasteiger partial charge in [0.1, 0.15) is 5.82 Å². The SMILES string of the molecule is Cc1ccc(NCCn2ccnc2C)c(Cl)c1. The lowest BCUT2D eigenvalue weighted by Gasteiger charge is -2.10. The van der Waals surface area contributed by atoms with Crippen molar-refractivity contribution in [2.24, 2.45) is 0 Å². The Bertz CT molecular complexity index is 505. The number of benzene rings is 1. The molecule has 0 atom stereocenters. The van der Waals surface area contributed by atoms with Gasteiger partial charge in [0.25, 0.3) is 0 Å². The number of nitrogens with zero attached hydrogens (tertiary/aromatic N) is 2. The summed E-state index contributed by atoms with van der Waals surface area (Å²) in [6, 6.07) is 6.03. The Morgan fingerprint density at radius 2 is 2.18 bits per heavy atom. The molecule has 0 aliphatic carbocycles. The van der Waals surface area contributed by atoms with E-state index in [1.54, 1.807) is 0 Å². The van der Waals surface area contributed by atoms with Crippen LogP contribution in [0.5, 0.6) is 0 Å². The molecule has 90 valence electrons. The van der Waals surface area contributed by atoms with Crippen LogP contribution in [0.4, 0.5) is 5.69 Å². The van der Waals surface area contributed by atoms with E-state index in [2.05, 4.69) is 20.9 Å². The Morgan fingerprint density at radius 3 is 2.82 bits per heavy atom. The van der Waals surface area contributed by atoms with Crippen LogP contribution in [0.15, 0.2) is 30.6 Å². The molecule has 0 saturated heterocycles. The summed E-state index contributed by atoms with van der Waals surface area (Å²) in [7, 11) is 0. The summed E-state index contributed by atoms with van der Waals surface area (Å²) in [4.78, 5) is 4.18. The number of aromatic nitrogens is 2. The Labute approximate surface area is 106 Å². The summed E-state index contributed by atoms with van der Waals surface area (Å²) in [6.45, 7) is 5.75. The van der Waals surface area contributed by atoms with Crippen LogP contribution >= 0.6 is 11.6 Å². The quantitative estimate of drug-likeness (QED) is 0.901. The largest absolute Gasteiger partial charge is 0.382 e. The Morgan fingerprint density at radius 1 is 1.35 bits per heavy atom. The van der Waals surface area contributed by atoms with Gasteiger partial charge in [0.15, 0.2) is 0 Å². The lowest BCUT2D eigenvalue weighted by Crippen LogP contribution is -2.11. The predicted octanol–water partition coefficient (Wildman–Crippen LogP) is 3.27. The third kappa shape index (κ3) is 3.01. The van der Waals surface area contributed by atoms with Crippen molar-refractivity contribution in [3.63, 3.8) is 0 Å². The van der Waals surface area contributed by atoms with Crippen molar-refractivity contribution in [1.82, 2.24) is 9.55 Å². The van der Waals surface area contributed by atoms with Crippen molar-refractivity contribution in [1.29, 1.82) is 0 Å². The van der Waals surface area contributed by atoms with Crippen molar-refractivity contribution in [3.05, 3.63) is 47.0 Å². The fraction of sp³-hybridized carbons (Fsp3) is 0.308. The van der Waals surface area contributed by atoms with E-state index in [0.29, 0.717) is 0 Å². The van der Waals surface area contributed by atoms with Gasteiger partial charge in [-0.2, -0.15) is 0 Å². The first-order chi connectivity index (χ1) is 8.16. The van der Waals surface area contributed by atoms with E-state index in [1.807, 2.05) is 38.4 Å². The van der Waals surface area contributed by atoms with Crippen LogP contribution in [0.3, 0.4) is 0 Å². The van der Waals surface area contributed by atoms with Gasteiger partial charge >= 0.3 is 0 Å². The molecule has 0 radical (unpaired) electrons. The molecule has 0 saturated carbocycles. The molecule has 2 aromatic rings. The summed E-state index contributed by atoms with van der Waals surface area (Å²) < 4.78 is 2.11. The highest BCUT2D eigenvalue weighted by Gasteiger charge is 2.00. The first-order valence-corrected chi connectivity index (χ1v) is 6.02. The molecule has 0 spiro atoms. The van der Waals surface area contributed by atoms with E-state index in [-0.39, 0.29) is 0 Å². The fourth-order valence-corrected chi connectivity index (χ4v) is 2.02. The van der Waals surface area contributed by atoms with Crippen molar-refractivity contribution in [2.45, 2.75) is 20.4 Å². The van der Waals surface area contributed by atoms with Gasteiger partial charge in [0, 0.05) is 25.5 Å². The second kappa shape index (κ2) is 5.23. The molecule has 17 heavy (non-hydrogen) atoms. The van der Waals surface area contributed by atoms with Crippen molar-refractivity contribution in [3.8, 4) is 0 Å². The third-order valence-corrected chi connectivity index (χ3v) is 3.03. The first-order valence-electron chi connectivity index (χ1n) is 5.64. The molecule has 2 rings (SSSR count). The molecule has 0 amide bonds. The molecule has 1 heterocycles. The number of rotatable bonds is 4. The zero-order valence-electron chi connectivity index (χ0n) is 10.1. The minimum Gasteiger partial charge on any atom is -0.382 e. The van der Waals surface area contributed by atoms with Gasteiger partial charge in [0.2, 0.25) is 0 Å². The zero-order chi connectivity index (χ0) is 12.3. The first kappa shape index (κ1) is 12.0. The average molecular weight is 250 g/mol. The topological polar surface area (TPSA) is 29.9 Å². The molecule has 0 aliphatic heterocycles. The number of aryl methyl sites for hydroxylation is 2. The average Bonchev–Trinajstić information content (AvgIpc) is 2.68. The van der Waals surface area contributed by atoms with E-state index < -0.39 is 0 Å². The van der Waals surface area contributed by atoms with Gasteiger partial charge in [-0.3, -0.25) is 0 Å². The molecule has 0 unspecified atom stereocenters. The maximum absolute atomic E-state index is 6.14. The number of imidazole rings is 1. The maximum atomic E-state index is 6.14. The van der Waals surface area contributed by atoms with Gasteiger partial charge in [-0.1, -0.05) is 17.7 Å². The molecule has 0 aliphatic rings. The molecule has 1 N–H and O–H groups in total. The Hall–Kier alpha value is -1.48. The number of hydrogen-bond acceptors (Lipinski definition) is 2. The minimum absolute atomic E-state index is 0.771.